The van der Waals surface area contributed by atoms with Gasteiger partial charge in [0.1, 0.15) is 22.1 Å². The highest BCUT2D eigenvalue weighted by Gasteiger charge is 2.38. The summed E-state index contributed by atoms with van der Waals surface area (Å²) in [5, 5.41) is 13.6. The molecule has 0 saturated heterocycles. The second kappa shape index (κ2) is 17.4. The van der Waals surface area contributed by atoms with Gasteiger partial charge in [-0.25, -0.2) is 21.8 Å². The van der Waals surface area contributed by atoms with Crippen LogP contribution in [0.3, 0.4) is 0 Å². The van der Waals surface area contributed by atoms with Crippen molar-refractivity contribution in [3.63, 3.8) is 0 Å². The van der Waals surface area contributed by atoms with Crippen LogP contribution in [0, 0.1) is 0 Å². The third-order valence-corrected chi connectivity index (χ3v) is 16.0. The molecule has 7 rings (SSSR count). The van der Waals surface area contributed by atoms with Crippen molar-refractivity contribution in [2.45, 2.75) is 55.1 Å². The van der Waals surface area contributed by atoms with Crippen molar-refractivity contribution in [2.24, 2.45) is 0 Å². The number of aromatic nitrogens is 6. The van der Waals surface area contributed by atoms with Gasteiger partial charge in [0.15, 0.2) is 9.84 Å². The molecule has 17 heteroatoms. The van der Waals surface area contributed by atoms with Crippen molar-refractivity contribution in [3.05, 3.63) is 126 Å². The van der Waals surface area contributed by atoms with E-state index in [2.05, 4.69) is 39.9 Å². The number of nitrogens with one attached hydrogen (secondary N) is 1. The number of fused-ring (bicyclic) bond motifs is 1. The number of H-pyrrole nitrogens is 1. The number of para-hydroxylation sites is 1. The Morgan fingerprint density at radius 3 is 1.82 bits per heavy atom. The second-order valence-corrected chi connectivity index (χ2v) is 25.1. The number of aromatic amines is 1. The second-order valence-electron chi connectivity index (χ2n) is 15.5. The van der Waals surface area contributed by atoms with E-state index in [4.69, 9.17) is 19.3 Å². The maximum atomic E-state index is 15.9. The van der Waals surface area contributed by atoms with Crippen LogP contribution < -0.4 is 14.2 Å². The van der Waals surface area contributed by atoms with E-state index in [0.717, 1.165) is 5.56 Å². The number of benzene rings is 5. The average molecular weight is 866 g/mol. The number of imidazole rings is 1. The fraction of sp³-hybridized carbons (Fsp3) is 0.256. The molecule has 0 unspecified atom stereocenters. The Morgan fingerprint density at radius 2 is 1.27 bits per heavy atom. The van der Waals surface area contributed by atoms with Crippen molar-refractivity contribution in [1.29, 1.82) is 0 Å². The smallest absolute Gasteiger partial charge is 0.245 e. The topological polar surface area (TPSA) is 171 Å². The minimum absolute atomic E-state index is 0.00461. The number of tetrazole rings is 1. The average Bonchev–Trinajstić information content (AvgIpc) is 3.93. The van der Waals surface area contributed by atoms with E-state index < -0.39 is 32.8 Å². The highest BCUT2D eigenvalue weighted by Crippen LogP contribution is 2.43. The summed E-state index contributed by atoms with van der Waals surface area (Å²) in [7, 11) is -6.22. The molecule has 0 aliphatic carbocycles. The van der Waals surface area contributed by atoms with Gasteiger partial charge >= 0.3 is 0 Å². The number of nitrogens with zero attached hydrogens (tertiary/aromatic N) is 6. The van der Waals surface area contributed by atoms with Crippen molar-refractivity contribution in [1.82, 2.24) is 34.5 Å². The van der Waals surface area contributed by atoms with E-state index in [1.165, 1.54) is 15.2 Å². The zero-order valence-electron chi connectivity index (χ0n) is 34.3. The Morgan fingerprint density at radius 1 is 0.700 bits per heavy atom. The maximum Gasteiger partial charge on any atom is 0.245 e. The molecule has 60 heavy (non-hydrogen) atoms. The van der Waals surface area contributed by atoms with Crippen LogP contribution in [0.5, 0.6) is 17.2 Å². The van der Waals surface area contributed by atoms with Gasteiger partial charge in [-0.1, -0.05) is 74.2 Å². The molecule has 0 bridgehead atoms. The van der Waals surface area contributed by atoms with E-state index in [9.17, 15) is 8.42 Å². The quantitative estimate of drug-likeness (QED) is 0.0902. The van der Waals surface area contributed by atoms with Gasteiger partial charge in [0.25, 0.3) is 0 Å². The Labute approximate surface area is 351 Å². The predicted molar refractivity (Wildman–Crippen MR) is 233 cm³/mol. The van der Waals surface area contributed by atoms with E-state index in [-0.39, 0.29) is 41.7 Å². The van der Waals surface area contributed by atoms with Gasteiger partial charge in [-0.3, -0.25) is 0 Å². The van der Waals surface area contributed by atoms with Gasteiger partial charge in [0.2, 0.25) is 15.8 Å². The van der Waals surface area contributed by atoms with Crippen LogP contribution in [0.1, 0.15) is 16.7 Å². The molecule has 2 aromatic heterocycles. The normalized spacial score (nSPS) is 12.2. The fourth-order valence-electron chi connectivity index (χ4n) is 6.77. The summed E-state index contributed by atoms with van der Waals surface area (Å²) < 4.78 is 78.7. The van der Waals surface area contributed by atoms with E-state index in [0.29, 0.717) is 56.6 Å². The zero-order valence-corrected chi connectivity index (χ0v) is 36.9. The molecule has 5 aromatic carbocycles. The molecule has 0 radical (unpaired) electrons. The Balaban J connectivity index is 1.50. The Hall–Kier alpha value is -5.88. The molecule has 0 aliphatic heterocycles. The molecule has 0 spiro atoms. The number of ether oxygens (including phenoxy) is 3. The van der Waals surface area contributed by atoms with Crippen LogP contribution >= 0.6 is 0 Å². The molecule has 1 N–H and O–H groups in total. The van der Waals surface area contributed by atoms with Crippen LogP contribution in [0.2, 0.25) is 25.7 Å². The number of hydrogen-bond acceptors (Lipinski definition) is 11. The predicted octanol–water partition coefficient (Wildman–Crippen LogP) is 7.46. The minimum Gasteiger partial charge on any atom is -0.497 e. The highest BCUT2D eigenvalue weighted by molar-refractivity contribution is 7.93. The molecule has 14 nitrogen and oxygen atoms in total. The molecule has 0 aliphatic rings. The fourth-order valence-corrected chi connectivity index (χ4v) is 13.6. The van der Waals surface area contributed by atoms with E-state index in [1.54, 1.807) is 82.3 Å². The third-order valence-electron chi connectivity index (χ3n) is 10.1. The highest BCUT2D eigenvalue weighted by atomic mass is 32.2. The summed E-state index contributed by atoms with van der Waals surface area (Å²) in [6, 6.07) is 30.4. The zero-order chi connectivity index (χ0) is 42.7. The maximum absolute atomic E-state index is 15.9. The molecular weight excluding hydrogens is 819 g/mol. The Kier molecular flexibility index (Phi) is 12.2. The minimum atomic E-state index is -4.76. The van der Waals surface area contributed by atoms with E-state index >= 15 is 8.42 Å². The SMILES string of the molecule is COc1ccc(CN(Cc2ccc(OC)cc2)S(=O)(=O)c2c(S(=O)(=O)CC[Si](C)(C)C)ccc(-c3cccc4[nH]cnc34)c2-c2nnn(Cc3ccc(OC)cc3)n2)cc1. The summed E-state index contributed by atoms with van der Waals surface area (Å²) in [5.74, 6) is 1.57. The summed E-state index contributed by atoms with van der Waals surface area (Å²) in [4.78, 5) is 8.28. The largest absolute Gasteiger partial charge is 0.497 e. The lowest BCUT2D eigenvalue weighted by molar-refractivity contribution is 0.396. The van der Waals surface area contributed by atoms with Crippen LogP contribution in [-0.2, 0) is 39.5 Å². The first-order valence-corrected chi connectivity index (χ1v) is 26.0. The molecule has 0 fully saturated rings. The van der Waals surface area contributed by atoms with Crippen molar-refractivity contribution in [2.75, 3.05) is 27.1 Å². The third kappa shape index (κ3) is 9.28. The van der Waals surface area contributed by atoms with E-state index in [1.807, 2.05) is 42.5 Å². The summed E-state index contributed by atoms with van der Waals surface area (Å²) in [6.07, 6.45) is 1.55. The Bertz CT molecular complexity index is 2770. The first-order chi connectivity index (χ1) is 28.7. The van der Waals surface area contributed by atoms with Gasteiger partial charge in [-0.2, -0.15) is 9.10 Å². The number of rotatable bonds is 17. The summed E-state index contributed by atoms with van der Waals surface area (Å²) in [6.45, 7) is 6.21. The molecule has 2 heterocycles. The summed E-state index contributed by atoms with van der Waals surface area (Å²) in [5.41, 5.74) is 4.30. The van der Waals surface area contributed by atoms with Crippen molar-refractivity contribution >= 4 is 39.0 Å². The van der Waals surface area contributed by atoms with Gasteiger partial charge < -0.3 is 19.2 Å². The van der Waals surface area contributed by atoms with Crippen LogP contribution in [0.4, 0.5) is 0 Å². The van der Waals surface area contributed by atoms with Crippen LogP contribution in [0.15, 0.2) is 119 Å². The molecule has 0 saturated carbocycles. The number of sulfone groups is 1. The number of sulfonamides is 1. The van der Waals surface area contributed by atoms with Crippen molar-refractivity contribution < 1.29 is 31.0 Å². The number of hydrogen-bond donors (Lipinski definition) is 1. The first-order valence-electron chi connectivity index (χ1n) is 19.2. The van der Waals surface area contributed by atoms with Crippen LogP contribution in [-0.4, -0.2) is 86.5 Å². The lowest BCUT2D eigenvalue weighted by Gasteiger charge is -2.26. The van der Waals surface area contributed by atoms with Gasteiger partial charge in [0.05, 0.1) is 61.4 Å². The van der Waals surface area contributed by atoms with Crippen LogP contribution in [0.25, 0.3) is 33.5 Å². The van der Waals surface area contributed by atoms with Crippen molar-refractivity contribution in [3.8, 4) is 39.8 Å². The molecule has 312 valence electrons. The lowest BCUT2D eigenvalue weighted by atomic mass is 9.98. The van der Waals surface area contributed by atoms with Gasteiger partial charge in [0, 0.05) is 26.7 Å². The first kappa shape index (κ1) is 42.2. The number of methoxy groups -OCH3 is 3. The molecule has 0 atom stereocenters. The molecular formula is C43H47N7O7S2Si. The monoisotopic (exact) mass is 865 g/mol. The summed E-state index contributed by atoms with van der Waals surface area (Å²) >= 11 is 0. The lowest BCUT2D eigenvalue weighted by Crippen LogP contribution is -2.32. The molecule has 7 aromatic rings. The molecule has 0 amide bonds. The van der Waals surface area contributed by atoms with Gasteiger partial charge in [-0.15, -0.1) is 10.2 Å². The standard InChI is InChI=1S/C43H47N7O7S2Si/c1-55-33-16-10-30(11-17-33)26-49(27-31-12-18-34(56-2)19-13-31)59(53,54)42-39(58(51,52)24-25-60(4,5)6)23-22-36(37-8-7-9-38-41(37)45-29-44-38)40(42)43-46-48-50(47-43)28-32-14-20-35(57-3)21-15-32/h7-23,29H,24-28H2,1-6H3,(H,44,45). The van der Waals surface area contributed by atoms with Gasteiger partial charge in [-0.05, 0) is 82.0 Å².